The first-order valence-electron chi connectivity index (χ1n) is 5.32. The molecule has 0 saturated carbocycles. The number of amides is 2. The molecule has 0 aliphatic heterocycles. The molecule has 2 amide bonds. The number of benzene rings is 1. The number of nitrogens with two attached hydrogens (primary N) is 1. The van der Waals surface area contributed by atoms with Crippen LogP contribution in [-0.4, -0.2) is 23.8 Å². The molecule has 0 saturated heterocycles. The minimum absolute atomic E-state index is 0.00845. The maximum absolute atomic E-state index is 11.5. The van der Waals surface area contributed by atoms with Crippen LogP contribution in [0.1, 0.15) is 23.2 Å². The SMILES string of the molecule is CSCCCC(=O)Nc1ccc(C(N)=O)cc1. The van der Waals surface area contributed by atoms with E-state index in [1.165, 1.54) is 0 Å². The summed E-state index contributed by atoms with van der Waals surface area (Å²) >= 11 is 1.72. The van der Waals surface area contributed by atoms with Crippen LogP contribution in [0.5, 0.6) is 0 Å². The molecule has 0 atom stereocenters. The summed E-state index contributed by atoms with van der Waals surface area (Å²) in [6.07, 6.45) is 3.39. The van der Waals surface area contributed by atoms with Gasteiger partial charge in [-0.05, 0) is 42.7 Å². The van der Waals surface area contributed by atoms with Gasteiger partial charge in [0.1, 0.15) is 0 Å². The molecule has 0 aliphatic carbocycles. The summed E-state index contributed by atoms with van der Waals surface area (Å²) in [7, 11) is 0. The standard InChI is InChI=1S/C12H16N2O2S/c1-17-8-2-3-11(15)14-10-6-4-9(5-7-10)12(13)16/h4-7H,2-3,8H2,1H3,(H2,13,16)(H,14,15). The molecule has 0 radical (unpaired) electrons. The van der Waals surface area contributed by atoms with Crippen LogP contribution in [0.3, 0.4) is 0 Å². The highest BCUT2D eigenvalue weighted by atomic mass is 32.2. The Balaban J connectivity index is 2.46. The van der Waals surface area contributed by atoms with Crippen LogP contribution in [-0.2, 0) is 4.79 Å². The number of anilines is 1. The first-order chi connectivity index (χ1) is 8.13. The largest absolute Gasteiger partial charge is 0.366 e. The second kappa shape index (κ2) is 6.96. The van der Waals surface area contributed by atoms with Crippen molar-refractivity contribution in [1.29, 1.82) is 0 Å². The summed E-state index contributed by atoms with van der Waals surface area (Å²) in [5, 5.41) is 2.77. The van der Waals surface area contributed by atoms with E-state index < -0.39 is 5.91 Å². The van der Waals surface area contributed by atoms with Crippen LogP contribution in [0.25, 0.3) is 0 Å². The molecule has 1 aromatic rings. The molecule has 0 spiro atoms. The van der Waals surface area contributed by atoms with Crippen LogP contribution in [0.4, 0.5) is 5.69 Å². The first-order valence-corrected chi connectivity index (χ1v) is 6.71. The molecular formula is C12H16N2O2S. The third kappa shape index (κ3) is 4.91. The van der Waals surface area contributed by atoms with Crippen LogP contribution in [0.2, 0.25) is 0 Å². The minimum Gasteiger partial charge on any atom is -0.366 e. The third-order valence-electron chi connectivity index (χ3n) is 2.21. The van der Waals surface area contributed by atoms with Gasteiger partial charge in [0.05, 0.1) is 0 Å². The lowest BCUT2D eigenvalue weighted by Gasteiger charge is -2.05. The molecule has 0 aromatic heterocycles. The molecule has 0 unspecified atom stereocenters. The summed E-state index contributed by atoms with van der Waals surface area (Å²) < 4.78 is 0. The van der Waals surface area contributed by atoms with Crippen LogP contribution >= 0.6 is 11.8 Å². The lowest BCUT2D eigenvalue weighted by Crippen LogP contribution is -2.13. The van der Waals surface area contributed by atoms with Crippen molar-refractivity contribution in [2.45, 2.75) is 12.8 Å². The van der Waals surface area contributed by atoms with Gasteiger partial charge in [-0.15, -0.1) is 0 Å². The molecule has 0 heterocycles. The van der Waals surface area contributed by atoms with Crippen molar-refractivity contribution in [2.75, 3.05) is 17.3 Å². The average Bonchev–Trinajstić information content (AvgIpc) is 2.30. The van der Waals surface area contributed by atoms with Gasteiger partial charge in [0.2, 0.25) is 11.8 Å². The Morgan fingerprint density at radius 3 is 2.47 bits per heavy atom. The van der Waals surface area contributed by atoms with Crippen molar-refractivity contribution >= 4 is 29.3 Å². The Hall–Kier alpha value is -1.49. The maximum atomic E-state index is 11.5. The van der Waals surface area contributed by atoms with E-state index in [2.05, 4.69) is 5.32 Å². The van der Waals surface area contributed by atoms with Crippen LogP contribution < -0.4 is 11.1 Å². The highest BCUT2D eigenvalue weighted by Gasteiger charge is 2.03. The zero-order chi connectivity index (χ0) is 12.7. The highest BCUT2D eigenvalue weighted by molar-refractivity contribution is 7.98. The van der Waals surface area contributed by atoms with E-state index in [9.17, 15) is 9.59 Å². The maximum Gasteiger partial charge on any atom is 0.248 e. The predicted molar refractivity (Wildman–Crippen MR) is 71.2 cm³/mol. The number of hydrogen-bond donors (Lipinski definition) is 2. The third-order valence-corrected chi connectivity index (χ3v) is 2.90. The molecule has 92 valence electrons. The molecule has 0 bridgehead atoms. The summed E-state index contributed by atoms with van der Waals surface area (Å²) in [6, 6.07) is 6.54. The first kappa shape index (κ1) is 13.6. The minimum atomic E-state index is -0.470. The molecule has 0 aliphatic rings. The fourth-order valence-electron chi connectivity index (χ4n) is 1.32. The van der Waals surface area contributed by atoms with E-state index in [0.717, 1.165) is 12.2 Å². The fraction of sp³-hybridized carbons (Fsp3) is 0.333. The molecule has 5 heteroatoms. The van der Waals surface area contributed by atoms with Crippen molar-refractivity contribution in [2.24, 2.45) is 5.73 Å². The van der Waals surface area contributed by atoms with Gasteiger partial charge in [-0.25, -0.2) is 0 Å². The van der Waals surface area contributed by atoms with Crippen LogP contribution in [0, 0.1) is 0 Å². The smallest absolute Gasteiger partial charge is 0.248 e. The molecule has 0 fully saturated rings. The van der Waals surface area contributed by atoms with E-state index in [1.54, 1.807) is 36.0 Å². The molecular weight excluding hydrogens is 236 g/mol. The van der Waals surface area contributed by atoms with Gasteiger partial charge in [-0.1, -0.05) is 0 Å². The summed E-state index contributed by atoms with van der Waals surface area (Å²) in [5.74, 6) is 0.502. The highest BCUT2D eigenvalue weighted by Crippen LogP contribution is 2.10. The Bertz CT molecular complexity index is 390. The number of hydrogen-bond acceptors (Lipinski definition) is 3. The second-order valence-corrected chi connectivity index (χ2v) is 4.57. The van der Waals surface area contributed by atoms with Gasteiger partial charge in [0, 0.05) is 17.7 Å². The van der Waals surface area contributed by atoms with Gasteiger partial charge in [0.15, 0.2) is 0 Å². The van der Waals surface area contributed by atoms with E-state index >= 15 is 0 Å². The average molecular weight is 252 g/mol. The molecule has 3 N–H and O–H groups in total. The number of thioether (sulfide) groups is 1. The molecule has 4 nitrogen and oxygen atoms in total. The normalized spacial score (nSPS) is 9.94. The Labute approximate surface area is 105 Å². The van der Waals surface area contributed by atoms with E-state index in [1.807, 2.05) is 6.26 Å². The Kier molecular flexibility index (Phi) is 5.56. The van der Waals surface area contributed by atoms with Crippen molar-refractivity contribution in [1.82, 2.24) is 0 Å². The van der Waals surface area contributed by atoms with Crippen molar-refractivity contribution in [3.63, 3.8) is 0 Å². The lowest BCUT2D eigenvalue weighted by atomic mass is 10.2. The predicted octanol–water partition coefficient (Wildman–Crippen LogP) is 1.87. The Morgan fingerprint density at radius 2 is 1.94 bits per heavy atom. The number of primary amides is 1. The monoisotopic (exact) mass is 252 g/mol. The zero-order valence-corrected chi connectivity index (χ0v) is 10.5. The number of carbonyl (C=O) groups is 2. The number of nitrogens with one attached hydrogen (secondary N) is 1. The number of rotatable bonds is 6. The molecule has 17 heavy (non-hydrogen) atoms. The fourth-order valence-corrected chi connectivity index (χ4v) is 1.75. The molecule has 1 rings (SSSR count). The van der Waals surface area contributed by atoms with Gasteiger partial charge in [-0.3, -0.25) is 9.59 Å². The second-order valence-electron chi connectivity index (χ2n) is 3.59. The zero-order valence-electron chi connectivity index (χ0n) is 9.73. The quantitative estimate of drug-likeness (QED) is 0.759. The Morgan fingerprint density at radius 1 is 1.29 bits per heavy atom. The van der Waals surface area contributed by atoms with Crippen molar-refractivity contribution < 1.29 is 9.59 Å². The van der Waals surface area contributed by atoms with E-state index in [0.29, 0.717) is 17.7 Å². The summed E-state index contributed by atoms with van der Waals surface area (Å²) in [6.45, 7) is 0. The summed E-state index contributed by atoms with van der Waals surface area (Å²) in [4.78, 5) is 22.3. The van der Waals surface area contributed by atoms with Gasteiger partial charge in [0.25, 0.3) is 0 Å². The van der Waals surface area contributed by atoms with Gasteiger partial charge >= 0.3 is 0 Å². The van der Waals surface area contributed by atoms with Gasteiger partial charge < -0.3 is 11.1 Å². The van der Waals surface area contributed by atoms with Crippen LogP contribution in [0.15, 0.2) is 24.3 Å². The van der Waals surface area contributed by atoms with Crippen molar-refractivity contribution in [3.8, 4) is 0 Å². The topological polar surface area (TPSA) is 72.2 Å². The van der Waals surface area contributed by atoms with Gasteiger partial charge in [-0.2, -0.15) is 11.8 Å². The van der Waals surface area contributed by atoms with E-state index in [4.69, 9.17) is 5.73 Å². The summed E-state index contributed by atoms with van der Waals surface area (Å²) in [5.41, 5.74) is 6.24. The number of carbonyl (C=O) groups excluding carboxylic acids is 2. The van der Waals surface area contributed by atoms with E-state index in [-0.39, 0.29) is 5.91 Å². The van der Waals surface area contributed by atoms with Crippen molar-refractivity contribution in [3.05, 3.63) is 29.8 Å². The lowest BCUT2D eigenvalue weighted by molar-refractivity contribution is -0.116. The molecule has 1 aromatic carbocycles.